The first-order chi connectivity index (χ1) is 11.7. The number of benzene rings is 3. The normalized spacial score (nSPS) is 13.2. The van der Waals surface area contributed by atoms with Crippen molar-refractivity contribution in [3.05, 3.63) is 95.1 Å². The van der Waals surface area contributed by atoms with Crippen molar-refractivity contribution in [1.82, 2.24) is 0 Å². The van der Waals surface area contributed by atoms with Gasteiger partial charge in [0.05, 0.1) is 0 Å². The second-order valence-electron chi connectivity index (χ2n) is 6.18. The van der Waals surface area contributed by atoms with Gasteiger partial charge in [-0.3, -0.25) is 0 Å². The van der Waals surface area contributed by atoms with E-state index in [0.717, 1.165) is 24.0 Å². The lowest BCUT2D eigenvalue weighted by molar-refractivity contribution is 0.474. The molecule has 2 nitrogen and oxygen atoms in total. The van der Waals surface area contributed by atoms with Gasteiger partial charge in [-0.05, 0) is 70.5 Å². The number of fused-ring (bicyclic) bond motifs is 1. The van der Waals surface area contributed by atoms with Crippen molar-refractivity contribution in [1.29, 1.82) is 0 Å². The van der Waals surface area contributed by atoms with E-state index in [-0.39, 0.29) is 5.75 Å². The summed E-state index contributed by atoms with van der Waals surface area (Å²) in [6.07, 6.45) is 1.66. The van der Waals surface area contributed by atoms with Crippen molar-refractivity contribution in [3.8, 4) is 11.5 Å². The molecule has 24 heavy (non-hydrogen) atoms. The lowest BCUT2D eigenvalue weighted by Gasteiger charge is -2.10. The first-order valence-electron chi connectivity index (χ1n) is 8.08. The topological polar surface area (TPSA) is 40.5 Å². The van der Waals surface area contributed by atoms with Crippen LogP contribution in [0.3, 0.4) is 0 Å². The molecule has 4 rings (SSSR count). The Morgan fingerprint density at radius 2 is 1.46 bits per heavy atom. The molecule has 3 aromatic rings. The Hall–Kier alpha value is -3.00. The minimum Gasteiger partial charge on any atom is -0.508 e. The van der Waals surface area contributed by atoms with Crippen molar-refractivity contribution < 1.29 is 10.2 Å². The van der Waals surface area contributed by atoms with E-state index in [2.05, 4.69) is 24.3 Å². The molecule has 0 heterocycles. The highest BCUT2D eigenvalue weighted by atomic mass is 16.3. The van der Waals surface area contributed by atoms with Crippen LogP contribution in [-0.4, -0.2) is 10.2 Å². The molecule has 2 N–H and O–H groups in total. The number of hydrogen-bond acceptors (Lipinski definition) is 2. The van der Waals surface area contributed by atoms with Crippen LogP contribution in [-0.2, 0) is 12.8 Å². The highest BCUT2D eigenvalue weighted by Crippen LogP contribution is 2.41. The van der Waals surface area contributed by atoms with E-state index >= 15 is 0 Å². The van der Waals surface area contributed by atoms with Crippen LogP contribution in [0.2, 0.25) is 0 Å². The standard InChI is InChI=1S/C22H18O2/c23-18-8-6-16(7-9-18)21-14-17-13-19(24)10-11-20(17)22(21)12-15-4-2-1-3-5-15/h1-11,13,23-24H,12,14H2. The molecular weight excluding hydrogens is 296 g/mol. The summed E-state index contributed by atoms with van der Waals surface area (Å²) in [4.78, 5) is 0. The van der Waals surface area contributed by atoms with E-state index in [9.17, 15) is 10.2 Å². The molecule has 1 aliphatic rings. The summed E-state index contributed by atoms with van der Waals surface area (Å²) in [7, 11) is 0. The molecule has 0 fully saturated rings. The minimum atomic E-state index is 0.275. The van der Waals surface area contributed by atoms with Gasteiger partial charge in [0.25, 0.3) is 0 Å². The maximum absolute atomic E-state index is 9.81. The van der Waals surface area contributed by atoms with Crippen molar-refractivity contribution in [2.45, 2.75) is 12.8 Å². The molecule has 0 radical (unpaired) electrons. The smallest absolute Gasteiger partial charge is 0.115 e. The van der Waals surface area contributed by atoms with Gasteiger partial charge in [0.2, 0.25) is 0 Å². The van der Waals surface area contributed by atoms with E-state index in [1.54, 1.807) is 18.2 Å². The molecule has 0 amide bonds. The minimum absolute atomic E-state index is 0.275. The molecule has 3 aromatic carbocycles. The van der Waals surface area contributed by atoms with Crippen LogP contribution in [0, 0.1) is 0 Å². The summed E-state index contributed by atoms with van der Waals surface area (Å²) in [6, 6.07) is 23.4. The fraction of sp³-hybridized carbons (Fsp3) is 0.0909. The number of phenolic OH excluding ortho intramolecular Hbond substituents is 2. The molecule has 0 bridgehead atoms. The quantitative estimate of drug-likeness (QED) is 0.728. The average Bonchev–Trinajstić information content (AvgIpc) is 2.94. The highest BCUT2D eigenvalue weighted by Gasteiger charge is 2.23. The molecule has 0 unspecified atom stereocenters. The number of aromatic hydroxyl groups is 2. The molecule has 1 aliphatic carbocycles. The molecule has 0 saturated carbocycles. The number of hydrogen-bond donors (Lipinski definition) is 2. The molecule has 0 aromatic heterocycles. The van der Waals surface area contributed by atoms with Crippen LogP contribution in [0.25, 0.3) is 11.1 Å². The van der Waals surface area contributed by atoms with Gasteiger partial charge >= 0.3 is 0 Å². The van der Waals surface area contributed by atoms with Gasteiger partial charge < -0.3 is 10.2 Å². The van der Waals surface area contributed by atoms with E-state index in [0.29, 0.717) is 5.75 Å². The fourth-order valence-electron chi connectivity index (χ4n) is 3.42. The molecule has 0 saturated heterocycles. The van der Waals surface area contributed by atoms with Gasteiger partial charge in [0, 0.05) is 0 Å². The van der Waals surface area contributed by atoms with Crippen LogP contribution < -0.4 is 0 Å². The van der Waals surface area contributed by atoms with Gasteiger partial charge in [-0.1, -0.05) is 48.5 Å². The second kappa shape index (κ2) is 5.89. The second-order valence-corrected chi connectivity index (χ2v) is 6.18. The van der Waals surface area contributed by atoms with E-state index in [1.807, 2.05) is 30.3 Å². The monoisotopic (exact) mass is 314 g/mol. The van der Waals surface area contributed by atoms with Crippen molar-refractivity contribution in [2.75, 3.05) is 0 Å². The lowest BCUT2D eigenvalue weighted by atomic mass is 9.95. The molecular formula is C22H18O2. The Morgan fingerprint density at radius 3 is 2.21 bits per heavy atom. The summed E-state index contributed by atoms with van der Waals surface area (Å²) in [5.74, 6) is 0.580. The van der Waals surface area contributed by atoms with Crippen LogP contribution in [0.1, 0.15) is 22.3 Å². The third-order valence-electron chi connectivity index (χ3n) is 4.58. The van der Waals surface area contributed by atoms with E-state index in [1.165, 1.54) is 22.3 Å². The highest BCUT2D eigenvalue weighted by molar-refractivity contribution is 5.98. The zero-order valence-electron chi connectivity index (χ0n) is 13.2. The Labute approximate surface area is 141 Å². The summed E-state index contributed by atoms with van der Waals surface area (Å²) in [5.41, 5.74) is 7.31. The molecule has 0 aliphatic heterocycles. The van der Waals surface area contributed by atoms with Crippen LogP contribution >= 0.6 is 0 Å². The maximum atomic E-state index is 9.81. The average molecular weight is 314 g/mol. The first kappa shape index (κ1) is 14.6. The predicted molar refractivity (Wildman–Crippen MR) is 96.9 cm³/mol. The van der Waals surface area contributed by atoms with Gasteiger partial charge in [0.15, 0.2) is 0 Å². The summed E-state index contributed by atoms with van der Waals surface area (Å²) in [5, 5.41) is 19.4. The fourth-order valence-corrected chi connectivity index (χ4v) is 3.42. The number of phenols is 2. The third kappa shape index (κ3) is 2.67. The Kier molecular flexibility index (Phi) is 3.58. The summed E-state index contributed by atoms with van der Waals surface area (Å²) in [6.45, 7) is 0. The Bertz CT molecular complexity index is 906. The summed E-state index contributed by atoms with van der Waals surface area (Å²) >= 11 is 0. The maximum Gasteiger partial charge on any atom is 0.115 e. The van der Waals surface area contributed by atoms with E-state index < -0.39 is 0 Å². The zero-order chi connectivity index (χ0) is 16.5. The molecule has 0 spiro atoms. The summed E-state index contributed by atoms with van der Waals surface area (Å²) < 4.78 is 0. The predicted octanol–water partition coefficient (Wildman–Crippen LogP) is 4.81. The lowest BCUT2D eigenvalue weighted by Crippen LogP contribution is -1.92. The largest absolute Gasteiger partial charge is 0.508 e. The van der Waals surface area contributed by atoms with Crippen LogP contribution in [0.15, 0.2) is 72.8 Å². The van der Waals surface area contributed by atoms with Gasteiger partial charge in [-0.25, -0.2) is 0 Å². The van der Waals surface area contributed by atoms with Crippen molar-refractivity contribution >= 4 is 11.1 Å². The molecule has 0 atom stereocenters. The number of allylic oxidation sites excluding steroid dienone is 2. The zero-order valence-corrected chi connectivity index (χ0v) is 13.2. The van der Waals surface area contributed by atoms with Gasteiger partial charge in [-0.2, -0.15) is 0 Å². The van der Waals surface area contributed by atoms with Crippen LogP contribution in [0.4, 0.5) is 0 Å². The van der Waals surface area contributed by atoms with E-state index in [4.69, 9.17) is 0 Å². The number of rotatable bonds is 3. The van der Waals surface area contributed by atoms with Gasteiger partial charge in [-0.15, -0.1) is 0 Å². The third-order valence-corrected chi connectivity index (χ3v) is 4.58. The van der Waals surface area contributed by atoms with Crippen molar-refractivity contribution in [2.24, 2.45) is 0 Å². The Balaban J connectivity index is 1.82. The molecule has 118 valence electrons. The molecule has 2 heteroatoms. The van der Waals surface area contributed by atoms with Crippen molar-refractivity contribution in [3.63, 3.8) is 0 Å². The Morgan fingerprint density at radius 1 is 0.750 bits per heavy atom. The van der Waals surface area contributed by atoms with Crippen LogP contribution in [0.5, 0.6) is 11.5 Å². The first-order valence-corrected chi connectivity index (χ1v) is 8.08. The SMILES string of the molecule is Oc1ccc(C2=C(Cc3ccccc3)c3ccc(O)cc3C2)cc1. The van der Waals surface area contributed by atoms with Gasteiger partial charge in [0.1, 0.15) is 11.5 Å².